The van der Waals surface area contributed by atoms with Crippen molar-refractivity contribution < 1.29 is 8.78 Å². The van der Waals surface area contributed by atoms with E-state index in [0.29, 0.717) is 11.4 Å². The van der Waals surface area contributed by atoms with Crippen LogP contribution in [0.3, 0.4) is 0 Å². The van der Waals surface area contributed by atoms with Crippen LogP contribution >= 0.6 is 0 Å². The van der Waals surface area contributed by atoms with Gasteiger partial charge in [-0.2, -0.15) is 5.26 Å². The van der Waals surface area contributed by atoms with E-state index >= 15 is 0 Å². The average Bonchev–Trinajstić information content (AvgIpc) is 2.40. The maximum absolute atomic E-state index is 13.3. The highest BCUT2D eigenvalue weighted by atomic mass is 19.1. The lowest BCUT2D eigenvalue weighted by Crippen LogP contribution is -2.02. The third kappa shape index (κ3) is 2.80. The predicted octanol–water partition coefficient (Wildman–Crippen LogP) is 2.84. The van der Waals surface area contributed by atoms with Gasteiger partial charge in [0.1, 0.15) is 23.4 Å². The largest absolute Gasteiger partial charge is 0.380 e. The lowest BCUT2D eigenvalue weighted by atomic mass is 10.2. The maximum atomic E-state index is 13.3. The van der Waals surface area contributed by atoms with Gasteiger partial charge in [-0.1, -0.05) is 0 Å². The summed E-state index contributed by atoms with van der Waals surface area (Å²) in [6.07, 6.45) is 1.47. The highest BCUT2D eigenvalue weighted by molar-refractivity contribution is 5.43. The van der Waals surface area contributed by atoms with E-state index in [2.05, 4.69) is 10.3 Å². The molecule has 1 aromatic carbocycles. The highest BCUT2D eigenvalue weighted by Crippen LogP contribution is 2.12. The molecule has 2 rings (SSSR count). The molecule has 1 aromatic heterocycles. The number of hydrogen-bond acceptors (Lipinski definition) is 3. The number of nitriles is 1. The van der Waals surface area contributed by atoms with Crippen LogP contribution < -0.4 is 5.32 Å². The Hall–Kier alpha value is -2.48. The second kappa shape index (κ2) is 5.23. The lowest BCUT2D eigenvalue weighted by molar-refractivity contribution is 0.587. The number of nitrogens with zero attached hydrogens (tertiary/aromatic N) is 2. The van der Waals surface area contributed by atoms with Gasteiger partial charge < -0.3 is 5.32 Å². The monoisotopic (exact) mass is 245 g/mol. The molecule has 0 saturated carbocycles. The fraction of sp³-hybridized carbons (Fsp3) is 0.0769. The molecular formula is C13H9F2N3. The van der Waals surface area contributed by atoms with Crippen LogP contribution in [0.25, 0.3) is 0 Å². The first-order valence-corrected chi connectivity index (χ1v) is 5.23. The SMILES string of the molecule is N#Cc1ccc(NCc2cc(F)ccc2F)cn1. The zero-order valence-electron chi connectivity index (χ0n) is 9.32. The zero-order valence-corrected chi connectivity index (χ0v) is 9.32. The van der Waals surface area contributed by atoms with E-state index < -0.39 is 11.6 Å². The summed E-state index contributed by atoms with van der Waals surface area (Å²) in [5.74, 6) is -0.948. The van der Waals surface area contributed by atoms with Crippen LogP contribution in [0.15, 0.2) is 36.5 Å². The van der Waals surface area contributed by atoms with Crippen LogP contribution in [0.4, 0.5) is 14.5 Å². The first kappa shape index (κ1) is 12.0. The lowest BCUT2D eigenvalue weighted by Gasteiger charge is -2.07. The van der Waals surface area contributed by atoms with E-state index in [1.165, 1.54) is 6.20 Å². The van der Waals surface area contributed by atoms with Gasteiger partial charge in [0.15, 0.2) is 0 Å². The van der Waals surface area contributed by atoms with Crippen LogP contribution in [0.5, 0.6) is 0 Å². The Morgan fingerprint density at radius 2 is 2.06 bits per heavy atom. The van der Waals surface area contributed by atoms with Crippen molar-refractivity contribution in [3.05, 3.63) is 59.4 Å². The van der Waals surface area contributed by atoms with Crippen LogP contribution in [0.2, 0.25) is 0 Å². The van der Waals surface area contributed by atoms with Crippen LogP contribution in [-0.4, -0.2) is 4.98 Å². The Bertz CT molecular complexity index is 588. The summed E-state index contributed by atoms with van der Waals surface area (Å²) < 4.78 is 26.3. The van der Waals surface area contributed by atoms with E-state index in [0.717, 1.165) is 18.2 Å². The summed E-state index contributed by atoms with van der Waals surface area (Å²) in [7, 11) is 0. The molecule has 0 unspecified atom stereocenters. The van der Waals surface area contributed by atoms with Crippen molar-refractivity contribution in [2.75, 3.05) is 5.32 Å². The second-order valence-electron chi connectivity index (χ2n) is 3.63. The van der Waals surface area contributed by atoms with Gasteiger partial charge in [-0.05, 0) is 30.3 Å². The number of halogens is 2. The van der Waals surface area contributed by atoms with Gasteiger partial charge in [-0.25, -0.2) is 13.8 Å². The zero-order chi connectivity index (χ0) is 13.0. The molecule has 0 atom stereocenters. The molecule has 18 heavy (non-hydrogen) atoms. The average molecular weight is 245 g/mol. The van der Waals surface area contributed by atoms with Crippen LogP contribution in [0.1, 0.15) is 11.3 Å². The third-order valence-electron chi connectivity index (χ3n) is 2.37. The Kier molecular flexibility index (Phi) is 3.49. The molecule has 3 nitrogen and oxygen atoms in total. The van der Waals surface area contributed by atoms with E-state index in [1.54, 1.807) is 12.1 Å². The minimum absolute atomic E-state index is 0.150. The summed E-state index contributed by atoms with van der Waals surface area (Å²) in [6, 6.07) is 8.39. The molecule has 0 saturated heterocycles. The van der Waals surface area contributed by atoms with E-state index in [-0.39, 0.29) is 12.1 Å². The second-order valence-corrected chi connectivity index (χ2v) is 3.63. The molecule has 0 aliphatic carbocycles. The highest BCUT2D eigenvalue weighted by Gasteiger charge is 2.03. The molecule has 0 aliphatic rings. The summed E-state index contributed by atoms with van der Waals surface area (Å²) in [5, 5.41) is 11.5. The number of anilines is 1. The standard InChI is InChI=1S/C13H9F2N3/c14-10-1-4-13(15)9(5-10)7-17-12-3-2-11(6-16)18-8-12/h1-5,8,17H,7H2. The van der Waals surface area contributed by atoms with Crippen molar-refractivity contribution in [1.82, 2.24) is 4.98 Å². The van der Waals surface area contributed by atoms with Crippen molar-refractivity contribution in [2.45, 2.75) is 6.54 Å². The molecule has 2 aromatic rings. The summed E-state index contributed by atoms with van der Waals surface area (Å²) in [5.41, 5.74) is 1.18. The summed E-state index contributed by atoms with van der Waals surface area (Å²) in [4.78, 5) is 3.86. The van der Waals surface area contributed by atoms with Crippen molar-refractivity contribution in [3.8, 4) is 6.07 Å². The maximum Gasteiger partial charge on any atom is 0.140 e. The molecule has 5 heteroatoms. The number of pyridine rings is 1. The minimum Gasteiger partial charge on any atom is -0.380 e. The molecule has 0 aliphatic heterocycles. The molecule has 0 radical (unpaired) electrons. The minimum atomic E-state index is -0.480. The molecule has 90 valence electrons. The van der Waals surface area contributed by atoms with Gasteiger partial charge in [0.05, 0.1) is 11.9 Å². The van der Waals surface area contributed by atoms with Crippen molar-refractivity contribution >= 4 is 5.69 Å². The summed E-state index contributed by atoms with van der Waals surface area (Å²) in [6.45, 7) is 0.150. The van der Waals surface area contributed by atoms with E-state index in [4.69, 9.17) is 5.26 Å². The quantitative estimate of drug-likeness (QED) is 0.904. The molecule has 0 amide bonds. The van der Waals surface area contributed by atoms with Crippen molar-refractivity contribution in [1.29, 1.82) is 5.26 Å². The van der Waals surface area contributed by atoms with Gasteiger partial charge in [-0.15, -0.1) is 0 Å². The molecule has 0 fully saturated rings. The third-order valence-corrected chi connectivity index (χ3v) is 2.37. The number of rotatable bonds is 3. The molecule has 0 spiro atoms. The normalized spacial score (nSPS) is 9.83. The molecular weight excluding hydrogens is 236 g/mol. The Morgan fingerprint density at radius 1 is 1.22 bits per heavy atom. The van der Waals surface area contributed by atoms with Gasteiger partial charge >= 0.3 is 0 Å². The van der Waals surface area contributed by atoms with Crippen molar-refractivity contribution in [3.63, 3.8) is 0 Å². The fourth-order valence-electron chi connectivity index (χ4n) is 1.44. The first-order valence-electron chi connectivity index (χ1n) is 5.23. The van der Waals surface area contributed by atoms with Crippen molar-refractivity contribution in [2.24, 2.45) is 0 Å². The number of nitrogens with one attached hydrogen (secondary N) is 1. The van der Waals surface area contributed by atoms with Gasteiger partial charge in [-0.3, -0.25) is 0 Å². The Balaban J connectivity index is 2.07. The topological polar surface area (TPSA) is 48.7 Å². The summed E-state index contributed by atoms with van der Waals surface area (Å²) >= 11 is 0. The number of benzene rings is 1. The molecule has 1 N–H and O–H groups in total. The van der Waals surface area contributed by atoms with E-state index in [1.807, 2.05) is 6.07 Å². The van der Waals surface area contributed by atoms with E-state index in [9.17, 15) is 8.78 Å². The fourth-order valence-corrected chi connectivity index (χ4v) is 1.44. The van der Waals surface area contributed by atoms with Gasteiger partial charge in [0.25, 0.3) is 0 Å². The first-order chi connectivity index (χ1) is 8.69. The predicted molar refractivity (Wildman–Crippen MR) is 62.6 cm³/mol. The van der Waals surface area contributed by atoms with Crippen LogP contribution in [0, 0.1) is 23.0 Å². The van der Waals surface area contributed by atoms with Gasteiger partial charge in [0, 0.05) is 12.1 Å². The molecule has 1 heterocycles. The Labute approximate surface area is 103 Å². The Morgan fingerprint density at radius 3 is 2.72 bits per heavy atom. The van der Waals surface area contributed by atoms with Gasteiger partial charge in [0.2, 0.25) is 0 Å². The number of hydrogen-bond donors (Lipinski definition) is 1. The van der Waals surface area contributed by atoms with Crippen LogP contribution in [-0.2, 0) is 6.54 Å². The smallest absolute Gasteiger partial charge is 0.140 e. The molecule has 0 bridgehead atoms. The number of aromatic nitrogens is 1.